The number of nitrogens with two attached hydrogens (primary N) is 1. The number of sulfone groups is 1. The average Bonchev–Trinajstić information content (AvgIpc) is 2.42. The van der Waals surface area contributed by atoms with Gasteiger partial charge >= 0.3 is 0 Å². The van der Waals surface area contributed by atoms with Gasteiger partial charge in [0.05, 0.1) is 11.3 Å². The standard InChI is InChI=1S/C14H20BrFN2O2S/c1-21(19,20)10-5-2-4-9(8-10)14(18-17)13-11(15)6-3-7-12(13)16/h3,6-7,9-10,14,18H,2,4-5,8,17H2,1H3. The molecule has 1 fully saturated rings. The van der Waals surface area contributed by atoms with Gasteiger partial charge in [-0.05, 0) is 37.3 Å². The summed E-state index contributed by atoms with van der Waals surface area (Å²) in [5, 5.41) is -0.363. The monoisotopic (exact) mass is 378 g/mol. The highest BCUT2D eigenvalue weighted by atomic mass is 79.9. The van der Waals surface area contributed by atoms with Crippen LogP contribution in [0.4, 0.5) is 4.39 Å². The third kappa shape index (κ3) is 3.83. The first-order valence-corrected chi connectivity index (χ1v) is 9.68. The molecule has 0 heterocycles. The molecule has 1 saturated carbocycles. The van der Waals surface area contributed by atoms with E-state index in [9.17, 15) is 12.8 Å². The van der Waals surface area contributed by atoms with Crippen molar-refractivity contribution in [1.29, 1.82) is 0 Å². The Morgan fingerprint density at radius 3 is 2.71 bits per heavy atom. The molecule has 1 aromatic rings. The van der Waals surface area contributed by atoms with E-state index in [1.165, 1.54) is 12.3 Å². The van der Waals surface area contributed by atoms with Crippen molar-refractivity contribution in [3.63, 3.8) is 0 Å². The van der Waals surface area contributed by atoms with E-state index in [1.54, 1.807) is 12.1 Å². The molecule has 4 nitrogen and oxygen atoms in total. The maximum Gasteiger partial charge on any atom is 0.150 e. The van der Waals surface area contributed by atoms with E-state index in [0.717, 1.165) is 12.8 Å². The first-order valence-electron chi connectivity index (χ1n) is 6.93. The quantitative estimate of drug-likeness (QED) is 0.623. The Balaban J connectivity index is 2.29. The van der Waals surface area contributed by atoms with Crippen LogP contribution in [-0.4, -0.2) is 19.9 Å². The van der Waals surface area contributed by atoms with E-state index in [0.29, 0.717) is 22.9 Å². The fraction of sp³-hybridized carbons (Fsp3) is 0.571. The number of rotatable bonds is 4. The molecule has 0 bridgehead atoms. The van der Waals surface area contributed by atoms with Gasteiger partial charge in [0.25, 0.3) is 0 Å². The minimum absolute atomic E-state index is 0.00308. The number of hydrazine groups is 1. The highest BCUT2D eigenvalue weighted by molar-refractivity contribution is 9.10. The maximum atomic E-state index is 14.1. The lowest BCUT2D eigenvalue weighted by Gasteiger charge is -2.34. The molecule has 3 unspecified atom stereocenters. The van der Waals surface area contributed by atoms with Crippen molar-refractivity contribution in [2.24, 2.45) is 11.8 Å². The van der Waals surface area contributed by atoms with Crippen molar-refractivity contribution >= 4 is 25.8 Å². The summed E-state index contributed by atoms with van der Waals surface area (Å²) in [6.07, 6.45) is 4.10. The fourth-order valence-corrected chi connectivity index (χ4v) is 4.92. The Labute approximate surface area is 133 Å². The van der Waals surface area contributed by atoms with E-state index in [-0.39, 0.29) is 17.0 Å². The first kappa shape index (κ1) is 16.9. The Morgan fingerprint density at radius 1 is 1.43 bits per heavy atom. The summed E-state index contributed by atoms with van der Waals surface area (Å²) in [4.78, 5) is 0. The molecular formula is C14H20BrFN2O2S. The molecule has 118 valence electrons. The van der Waals surface area contributed by atoms with E-state index in [2.05, 4.69) is 21.4 Å². The molecule has 3 N–H and O–H groups in total. The predicted octanol–water partition coefficient (Wildman–Crippen LogP) is 2.70. The lowest BCUT2D eigenvalue weighted by atomic mass is 9.81. The summed E-state index contributed by atoms with van der Waals surface area (Å²) in [6.45, 7) is 0. The van der Waals surface area contributed by atoms with Gasteiger partial charge in [0.2, 0.25) is 0 Å². The molecule has 0 aromatic heterocycles. The zero-order valence-electron chi connectivity index (χ0n) is 11.9. The van der Waals surface area contributed by atoms with Gasteiger partial charge in [-0.1, -0.05) is 28.4 Å². The molecule has 3 atom stereocenters. The van der Waals surface area contributed by atoms with Crippen LogP contribution in [0.1, 0.15) is 37.3 Å². The number of benzene rings is 1. The minimum atomic E-state index is -3.08. The zero-order valence-corrected chi connectivity index (χ0v) is 14.3. The molecule has 7 heteroatoms. The van der Waals surface area contributed by atoms with Crippen molar-refractivity contribution < 1.29 is 12.8 Å². The molecule has 1 aromatic carbocycles. The summed E-state index contributed by atoms with van der Waals surface area (Å²) in [7, 11) is -3.08. The van der Waals surface area contributed by atoms with E-state index >= 15 is 0 Å². The van der Waals surface area contributed by atoms with Crippen molar-refractivity contribution in [2.45, 2.75) is 37.0 Å². The van der Waals surface area contributed by atoms with Gasteiger partial charge < -0.3 is 0 Å². The lowest BCUT2D eigenvalue weighted by molar-refractivity contribution is 0.269. The Bertz CT molecular complexity index is 589. The van der Waals surface area contributed by atoms with Gasteiger partial charge in [0.1, 0.15) is 15.7 Å². The van der Waals surface area contributed by atoms with Crippen LogP contribution in [0.2, 0.25) is 0 Å². The van der Waals surface area contributed by atoms with Gasteiger partial charge in [-0.2, -0.15) is 0 Å². The number of hydrogen-bond acceptors (Lipinski definition) is 4. The summed E-state index contributed by atoms with van der Waals surface area (Å²) in [6, 6.07) is 4.38. The second-order valence-corrected chi connectivity index (χ2v) is 8.84. The van der Waals surface area contributed by atoms with Gasteiger partial charge in [-0.3, -0.25) is 11.3 Å². The van der Waals surface area contributed by atoms with E-state index < -0.39 is 15.9 Å². The van der Waals surface area contributed by atoms with Gasteiger partial charge in [-0.25, -0.2) is 12.8 Å². The van der Waals surface area contributed by atoms with Gasteiger partial charge in [-0.15, -0.1) is 0 Å². The van der Waals surface area contributed by atoms with Crippen LogP contribution in [0.15, 0.2) is 22.7 Å². The zero-order chi connectivity index (χ0) is 15.6. The number of halogens is 2. The van der Waals surface area contributed by atoms with Crippen LogP contribution in [0.25, 0.3) is 0 Å². The molecule has 0 saturated heterocycles. The van der Waals surface area contributed by atoms with Crippen LogP contribution in [-0.2, 0) is 9.84 Å². The molecule has 1 aliphatic carbocycles. The largest absolute Gasteiger partial charge is 0.271 e. The molecular weight excluding hydrogens is 359 g/mol. The third-order valence-corrected chi connectivity index (χ3v) is 6.56. The molecule has 0 radical (unpaired) electrons. The van der Waals surface area contributed by atoms with E-state index in [4.69, 9.17) is 5.84 Å². The summed E-state index contributed by atoms with van der Waals surface area (Å²) in [5.74, 6) is 5.30. The Kier molecular flexibility index (Phi) is 5.40. The fourth-order valence-electron chi connectivity index (χ4n) is 3.14. The highest BCUT2D eigenvalue weighted by Crippen LogP contribution is 2.39. The topological polar surface area (TPSA) is 72.2 Å². The second-order valence-electron chi connectivity index (χ2n) is 5.66. The predicted molar refractivity (Wildman–Crippen MR) is 84.8 cm³/mol. The minimum Gasteiger partial charge on any atom is -0.271 e. The highest BCUT2D eigenvalue weighted by Gasteiger charge is 2.35. The summed E-state index contributed by atoms with van der Waals surface area (Å²) >= 11 is 3.36. The van der Waals surface area contributed by atoms with Crippen LogP contribution in [0, 0.1) is 11.7 Å². The van der Waals surface area contributed by atoms with Crippen molar-refractivity contribution in [1.82, 2.24) is 5.43 Å². The first-order chi connectivity index (χ1) is 9.84. The molecule has 0 amide bonds. The molecule has 1 aliphatic rings. The average molecular weight is 379 g/mol. The van der Waals surface area contributed by atoms with Crippen molar-refractivity contribution in [3.05, 3.63) is 34.1 Å². The second kappa shape index (κ2) is 6.73. The SMILES string of the molecule is CS(=O)(=O)C1CCCC(C(NN)c2c(F)cccc2Br)C1. The normalized spacial score (nSPS) is 24.8. The van der Waals surface area contributed by atoms with Crippen LogP contribution >= 0.6 is 15.9 Å². The molecule has 21 heavy (non-hydrogen) atoms. The van der Waals surface area contributed by atoms with Crippen LogP contribution in [0.3, 0.4) is 0 Å². The van der Waals surface area contributed by atoms with E-state index in [1.807, 2.05) is 0 Å². The summed E-state index contributed by atoms with van der Waals surface area (Å²) < 4.78 is 38.3. The van der Waals surface area contributed by atoms with Crippen LogP contribution < -0.4 is 11.3 Å². The molecule has 0 spiro atoms. The third-order valence-electron chi connectivity index (χ3n) is 4.23. The lowest BCUT2D eigenvalue weighted by Crippen LogP contribution is -2.39. The summed E-state index contributed by atoms with van der Waals surface area (Å²) in [5.41, 5.74) is 3.15. The Morgan fingerprint density at radius 2 is 2.14 bits per heavy atom. The van der Waals surface area contributed by atoms with Crippen molar-refractivity contribution in [2.75, 3.05) is 6.26 Å². The number of hydrogen-bond donors (Lipinski definition) is 2. The maximum absolute atomic E-state index is 14.1. The van der Waals surface area contributed by atoms with Crippen molar-refractivity contribution in [3.8, 4) is 0 Å². The molecule has 0 aliphatic heterocycles. The Hall–Kier alpha value is -0.500. The van der Waals surface area contributed by atoms with Gasteiger partial charge in [0.15, 0.2) is 0 Å². The number of nitrogens with one attached hydrogen (secondary N) is 1. The van der Waals surface area contributed by atoms with Gasteiger partial charge in [0, 0.05) is 16.3 Å². The smallest absolute Gasteiger partial charge is 0.150 e. The molecule has 2 rings (SSSR count). The van der Waals surface area contributed by atoms with Crippen LogP contribution in [0.5, 0.6) is 0 Å².